The van der Waals surface area contributed by atoms with Gasteiger partial charge in [0.25, 0.3) is 0 Å². The van der Waals surface area contributed by atoms with E-state index in [0.717, 1.165) is 43.5 Å². The summed E-state index contributed by atoms with van der Waals surface area (Å²) in [6, 6.07) is 5.47. The second-order valence-corrected chi connectivity index (χ2v) is 14.7. The van der Waals surface area contributed by atoms with Gasteiger partial charge in [-0.2, -0.15) is 0 Å². The molecule has 1 aliphatic carbocycles. The summed E-state index contributed by atoms with van der Waals surface area (Å²) in [5, 5.41) is 9.98. The maximum atomic E-state index is 13.5. The molecule has 3 fully saturated rings. The van der Waals surface area contributed by atoms with Crippen LogP contribution < -0.4 is 16.0 Å². The van der Waals surface area contributed by atoms with Gasteiger partial charge in [-0.3, -0.25) is 15.4 Å². The van der Waals surface area contributed by atoms with E-state index in [2.05, 4.69) is 16.0 Å². The molecular weight excluding hydrogens is 530 g/mol. The van der Waals surface area contributed by atoms with Gasteiger partial charge in [-0.05, 0) is 83.2 Å². The van der Waals surface area contributed by atoms with Gasteiger partial charge in [-0.1, -0.05) is 18.9 Å². The van der Waals surface area contributed by atoms with Crippen LogP contribution in [0.3, 0.4) is 0 Å². The Bertz CT molecular complexity index is 1250. The number of piperidine rings is 1. The number of nitrogens with one attached hydrogen (secondary N) is 3. The standard InChI is InChI=1S/C29H43N5O5S/c1-19-17-23(40(37,38)22-13-15-33(16-14-22)28(36)39-29(2,3)4)10-11-24(19)31-27-30-18-20-9-12-25(35)34(26(20)32-27)21-7-5-6-8-21/h9-12,17,20-22,26-27,30-32H,5-8,13-16,18H2,1-4H3. The van der Waals surface area contributed by atoms with Crippen LogP contribution >= 0.6 is 0 Å². The highest BCUT2D eigenvalue weighted by Crippen LogP contribution is 2.32. The van der Waals surface area contributed by atoms with Gasteiger partial charge in [0.1, 0.15) is 11.9 Å². The highest BCUT2D eigenvalue weighted by Gasteiger charge is 2.41. The molecule has 1 saturated carbocycles. The second-order valence-electron chi connectivity index (χ2n) is 12.5. The highest BCUT2D eigenvalue weighted by atomic mass is 32.2. The van der Waals surface area contributed by atoms with E-state index >= 15 is 0 Å². The molecule has 10 nitrogen and oxygen atoms in total. The number of sulfone groups is 1. The van der Waals surface area contributed by atoms with E-state index in [1.165, 1.54) is 0 Å². The third-order valence-electron chi connectivity index (χ3n) is 8.42. The Balaban J connectivity index is 1.22. The molecule has 3 N–H and O–H groups in total. The van der Waals surface area contributed by atoms with Crippen molar-refractivity contribution < 1.29 is 22.7 Å². The van der Waals surface area contributed by atoms with Gasteiger partial charge in [-0.25, -0.2) is 13.2 Å². The van der Waals surface area contributed by atoms with Crippen molar-refractivity contribution in [1.29, 1.82) is 0 Å². The fourth-order valence-corrected chi connectivity index (χ4v) is 8.10. The van der Waals surface area contributed by atoms with Crippen LogP contribution in [0.4, 0.5) is 10.5 Å². The number of carbonyl (C=O) groups is 2. The van der Waals surface area contributed by atoms with Crippen molar-refractivity contribution in [2.24, 2.45) is 5.92 Å². The van der Waals surface area contributed by atoms with Gasteiger partial charge >= 0.3 is 6.09 Å². The number of hydrogen-bond acceptors (Lipinski definition) is 8. The average Bonchev–Trinajstić information content (AvgIpc) is 3.43. The summed E-state index contributed by atoms with van der Waals surface area (Å²) in [6.45, 7) is 8.80. The van der Waals surface area contributed by atoms with Crippen LogP contribution in [-0.4, -0.2) is 79.2 Å². The van der Waals surface area contributed by atoms with E-state index in [-0.39, 0.29) is 30.3 Å². The number of benzene rings is 1. The van der Waals surface area contributed by atoms with Gasteiger partial charge in [0.2, 0.25) is 5.91 Å². The van der Waals surface area contributed by atoms with Crippen molar-refractivity contribution in [2.45, 2.75) is 100 Å². The van der Waals surface area contributed by atoms with E-state index in [4.69, 9.17) is 4.74 Å². The zero-order valence-electron chi connectivity index (χ0n) is 24.0. The number of nitrogens with zero attached hydrogens (tertiary/aromatic N) is 2. The monoisotopic (exact) mass is 573 g/mol. The van der Waals surface area contributed by atoms with Crippen LogP contribution in [0.2, 0.25) is 0 Å². The number of amides is 2. The van der Waals surface area contributed by atoms with Crippen molar-refractivity contribution >= 4 is 27.5 Å². The molecule has 3 aliphatic heterocycles. The number of hydrogen-bond donors (Lipinski definition) is 3. The highest BCUT2D eigenvalue weighted by molar-refractivity contribution is 7.92. The molecule has 11 heteroatoms. The van der Waals surface area contributed by atoms with Crippen LogP contribution in [0.1, 0.15) is 64.9 Å². The van der Waals surface area contributed by atoms with E-state index in [0.29, 0.717) is 30.8 Å². The van der Waals surface area contributed by atoms with Crippen LogP contribution in [0.5, 0.6) is 0 Å². The number of aryl methyl sites for hydroxylation is 1. The molecule has 3 heterocycles. The van der Waals surface area contributed by atoms with Gasteiger partial charge in [0, 0.05) is 37.3 Å². The van der Waals surface area contributed by atoms with Crippen LogP contribution in [0.15, 0.2) is 35.2 Å². The van der Waals surface area contributed by atoms with Gasteiger partial charge < -0.3 is 19.9 Å². The van der Waals surface area contributed by atoms with Crippen LogP contribution in [-0.2, 0) is 19.4 Å². The van der Waals surface area contributed by atoms with Gasteiger partial charge in [0.15, 0.2) is 9.84 Å². The van der Waals surface area contributed by atoms with Crippen LogP contribution in [0.25, 0.3) is 0 Å². The average molecular weight is 574 g/mol. The summed E-state index contributed by atoms with van der Waals surface area (Å²) in [6.07, 6.45) is 8.14. The predicted molar refractivity (Wildman–Crippen MR) is 153 cm³/mol. The first kappa shape index (κ1) is 28.9. The Kier molecular flexibility index (Phi) is 8.18. The molecule has 0 bridgehead atoms. The first-order valence-corrected chi connectivity index (χ1v) is 16.1. The molecule has 40 heavy (non-hydrogen) atoms. The number of likely N-dealkylation sites (tertiary alicyclic amines) is 1. The Morgan fingerprint density at radius 2 is 1.80 bits per heavy atom. The molecule has 0 spiro atoms. The number of rotatable bonds is 5. The molecular formula is C29H43N5O5S. The SMILES string of the molecule is Cc1cc(S(=O)(=O)C2CCN(C(=O)OC(C)(C)C)CC2)ccc1NC1NCC2C=CC(=O)N(C3CCCC3)C2N1. The third-order valence-corrected chi connectivity index (χ3v) is 10.7. The normalized spacial score (nSPS) is 26.6. The predicted octanol–water partition coefficient (Wildman–Crippen LogP) is 3.34. The Hall–Kier alpha value is -2.63. The summed E-state index contributed by atoms with van der Waals surface area (Å²) in [5.74, 6) is 0.274. The van der Waals surface area contributed by atoms with Crippen molar-refractivity contribution in [1.82, 2.24) is 20.4 Å². The fourth-order valence-electron chi connectivity index (χ4n) is 6.29. The van der Waals surface area contributed by atoms with E-state index in [1.807, 2.05) is 44.7 Å². The zero-order chi connectivity index (χ0) is 28.7. The van der Waals surface area contributed by atoms with Crippen molar-refractivity contribution in [2.75, 3.05) is 25.0 Å². The van der Waals surface area contributed by atoms with E-state index in [1.54, 1.807) is 23.1 Å². The maximum Gasteiger partial charge on any atom is 0.410 e. The lowest BCUT2D eigenvalue weighted by Gasteiger charge is -2.47. The zero-order valence-corrected chi connectivity index (χ0v) is 24.8. The molecule has 5 rings (SSSR count). The van der Waals surface area contributed by atoms with Gasteiger partial charge in [-0.15, -0.1) is 0 Å². The summed E-state index contributed by atoms with van der Waals surface area (Å²) in [5.41, 5.74) is 1.07. The van der Waals surface area contributed by atoms with Crippen molar-refractivity contribution in [3.05, 3.63) is 35.9 Å². The Morgan fingerprint density at radius 3 is 2.45 bits per heavy atom. The lowest BCUT2D eigenvalue weighted by Crippen LogP contribution is -2.69. The number of carbonyl (C=O) groups excluding carboxylic acids is 2. The molecule has 0 aromatic heterocycles. The fraction of sp³-hybridized carbons (Fsp3) is 0.655. The quantitative estimate of drug-likeness (QED) is 0.491. The lowest BCUT2D eigenvalue weighted by molar-refractivity contribution is -0.135. The van der Waals surface area contributed by atoms with Crippen LogP contribution in [0, 0.1) is 12.8 Å². The molecule has 4 aliphatic rings. The minimum Gasteiger partial charge on any atom is -0.444 e. The molecule has 2 amide bonds. The molecule has 3 unspecified atom stereocenters. The summed E-state index contributed by atoms with van der Waals surface area (Å²) < 4.78 is 32.4. The molecule has 3 atom stereocenters. The lowest BCUT2D eigenvalue weighted by atomic mass is 9.96. The largest absolute Gasteiger partial charge is 0.444 e. The Labute approximate surface area is 237 Å². The first-order valence-electron chi connectivity index (χ1n) is 14.5. The Morgan fingerprint density at radius 1 is 1.10 bits per heavy atom. The molecule has 1 aromatic carbocycles. The second kappa shape index (κ2) is 11.3. The van der Waals surface area contributed by atoms with E-state index in [9.17, 15) is 18.0 Å². The molecule has 2 saturated heterocycles. The molecule has 220 valence electrons. The first-order chi connectivity index (χ1) is 18.9. The topological polar surface area (TPSA) is 120 Å². The van der Waals surface area contributed by atoms with Gasteiger partial charge in [0.05, 0.1) is 16.3 Å². The number of ether oxygens (including phenoxy) is 1. The van der Waals surface area contributed by atoms with E-state index < -0.39 is 26.8 Å². The smallest absolute Gasteiger partial charge is 0.410 e. The molecule has 0 radical (unpaired) electrons. The molecule has 1 aromatic rings. The minimum absolute atomic E-state index is 0.0731. The summed E-state index contributed by atoms with van der Waals surface area (Å²) >= 11 is 0. The number of fused-ring (bicyclic) bond motifs is 1. The third kappa shape index (κ3) is 6.16. The van der Waals surface area contributed by atoms with Crippen molar-refractivity contribution in [3.63, 3.8) is 0 Å². The minimum atomic E-state index is -3.55. The van der Waals surface area contributed by atoms with Crippen molar-refractivity contribution in [3.8, 4) is 0 Å². The summed E-state index contributed by atoms with van der Waals surface area (Å²) in [4.78, 5) is 29.1. The summed E-state index contributed by atoms with van der Waals surface area (Å²) in [7, 11) is -3.55. The number of anilines is 1. The maximum absolute atomic E-state index is 13.5.